The van der Waals surface area contributed by atoms with Crippen LogP contribution >= 0.6 is 23.1 Å². The Labute approximate surface area is 260 Å². The molecule has 0 spiro atoms. The molecule has 2 aliphatic heterocycles. The second-order valence-corrected chi connectivity index (χ2v) is 12.5. The van der Waals surface area contributed by atoms with E-state index in [1.165, 1.54) is 34.9 Å². The van der Waals surface area contributed by atoms with E-state index >= 15 is 0 Å². The number of nitrogens with zero attached hydrogens (tertiary/aromatic N) is 2. The molecule has 0 bridgehead atoms. The van der Waals surface area contributed by atoms with Crippen molar-refractivity contribution in [3.8, 4) is 5.75 Å². The third kappa shape index (κ3) is 5.20. The molecule has 3 amide bonds. The van der Waals surface area contributed by atoms with Crippen molar-refractivity contribution in [2.75, 3.05) is 16.8 Å². The average Bonchev–Trinajstić information content (AvgIpc) is 3.45. The van der Waals surface area contributed by atoms with E-state index in [2.05, 4.69) is 5.32 Å². The monoisotopic (exact) mass is 629 g/mol. The molecule has 3 atom stereocenters. The number of thioether (sulfide) groups is 1. The van der Waals surface area contributed by atoms with Crippen molar-refractivity contribution in [2.24, 2.45) is 5.92 Å². The van der Waals surface area contributed by atoms with Gasteiger partial charge in [0.05, 0.1) is 28.8 Å². The van der Waals surface area contributed by atoms with Gasteiger partial charge in [-0.2, -0.15) is 0 Å². The highest BCUT2D eigenvalue weighted by atomic mass is 32.2. The molecule has 224 valence electrons. The number of aromatic nitrogens is 1. The molecule has 6 rings (SSSR count). The van der Waals surface area contributed by atoms with E-state index in [-0.39, 0.29) is 30.2 Å². The number of amides is 3. The third-order valence-electron chi connectivity index (χ3n) is 7.59. The van der Waals surface area contributed by atoms with Crippen LogP contribution in [0.25, 0.3) is 0 Å². The van der Waals surface area contributed by atoms with Crippen molar-refractivity contribution < 1.29 is 29.0 Å². The lowest BCUT2D eigenvalue weighted by Crippen LogP contribution is -2.33. The van der Waals surface area contributed by atoms with E-state index in [0.717, 1.165) is 33.6 Å². The van der Waals surface area contributed by atoms with Crippen molar-refractivity contribution >= 4 is 58.2 Å². The summed E-state index contributed by atoms with van der Waals surface area (Å²) in [6.45, 7) is 3.55. The van der Waals surface area contributed by atoms with Gasteiger partial charge in [0, 0.05) is 22.0 Å². The average molecular weight is 630 g/mol. The quantitative estimate of drug-likeness (QED) is 0.225. The highest BCUT2D eigenvalue weighted by Crippen LogP contribution is 2.55. The summed E-state index contributed by atoms with van der Waals surface area (Å²) in [4.78, 5) is 67.6. The Balaban J connectivity index is 1.38. The van der Waals surface area contributed by atoms with Crippen molar-refractivity contribution in [3.63, 3.8) is 0 Å². The lowest BCUT2D eigenvalue weighted by molar-refractivity contribution is -0.122. The van der Waals surface area contributed by atoms with E-state index in [1.807, 2.05) is 19.1 Å². The molecule has 1 aromatic heterocycles. The summed E-state index contributed by atoms with van der Waals surface area (Å²) in [5.74, 6) is -3.72. The molecule has 2 aliphatic rings. The molecule has 12 heteroatoms. The third-order valence-corrected chi connectivity index (χ3v) is 10.2. The molecular formula is C32H27N3O7S2. The van der Waals surface area contributed by atoms with E-state index < -0.39 is 45.6 Å². The zero-order chi connectivity index (χ0) is 31.1. The molecular weight excluding hydrogens is 603 g/mol. The van der Waals surface area contributed by atoms with Crippen molar-refractivity contribution in [2.45, 2.75) is 36.6 Å². The van der Waals surface area contributed by atoms with Gasteiger partial charge in [-0.1, -0.05) is 59.0 Å². The van der Waals surface area contributed by atoms with Gasteiger partial charge in [-0.3, -0.25) is 23.7 Å². The second kappa shape index (κ2) is 11.8. The minimum atomic E-state index is -0.926. The summed E-state index contributed by atoms with van der Waals surface area (Å²) in [5.41, 5.74) is 2.59. The smallest absolute Gasteiger partial charge is 0.338 e. The van der Waals surface area contributed by atoms with E-state index in [9.17, 15) is 29.1 Å². The van der Waals surface area contributed by atoms with E-state index in [0.29, 0.717) is 21.2 Å². The Hall–Kier alpha value is -4.68. The first-order valence-electron chi connectivity index (χ1n) is 13.9. The van der Waals surface area contributed by atoms with Crippen LogP contribution in [0, 0.1) is 12.8 Å². The molecule has 44 heavy (non-hydrogen) atoms. The van der Waals surface area contributed by atoms with E-state index in [1.54, 1.807) is 37.3 Å². The summed E-state index contributed by atoms with van der Waals surface area (Å²) < 4.78 is 6.36. The minimum Gasteiger partial charge on any atom is -0.508 e. The van der Waals surface area contributed by atoms with Crippen LogP contribution in [0.3, 0.4) is 0 Å². The number of aryl methyl sites for hydroxylation is 1. The van der Waals surface area contributed by atoms with Crippen LogP contribution in [0.2, 0.25) is 0 Å². The van der Waals surface area contributed by atoms with Crippen LogP contribution in [-0.4, -0.2) is 45.2 Å². The van der Waals surface area contributed by atoms with Crippen LogP contribution in [-0.2, 0) is 25.7 Å². The number of nitrogens with one attached hydrogen (secondary N) is 1. The number of carbonyl (C=O) groups excluding carboxylic acids is 4. The fraction of sp³-hybridized carbons (Fsp3) is 0.219. The Kier molecular flexibility index (Phi) is 7.87. The largest absolute Gasteiger partial charge is 0.508 e. The van der Waals surface area contributed by atoms with Gasteiger partial charge in [0.2, 0.25) is 17.7 Å². The molecule has 2 N–H and O–H groups in total. The Morgan fingerprint density at radius 1 is 0.955 bits per heavy atom. The molecule has 0 saturated carbocycles. The first-order valence-corrected chi connectivity index (χ1v) is 15.6. The second-order valence-electron chi connectivity index (χ2n) is 10.4. The number of rotatable bonds is 7. The summed E-state index contributed by atoms with van der Waals surface area (Å²) in [7, 11) is 0. The number of imide groups is 1. The fourth-order valence-corrected chi connectivity index (χ4v) is 8.30. The zero-order valence-electron chi connectivity index (χ0n) is 23.7. The maximum absolute atomic E-state index is 14.0. The van der Waals surface area contributed by atoms with Gasteiger partial charge in [-0.05, 0) is 56.3 Å². The molecule has 1 saturated heterocycles. The number of ether oxygens (including phenoxy) is 1. The Morgan fingerprint density at radius 2 is 1.66 bits per heavy atom. The van der Waals surface area contributed by atoms with Crippen LogP contribution in [0.4, 0.5) is 11.4 Å². The van der Waals surface area contributed by atoms with Gasteiger partial charge in [0.25, 0.3) is 0 Å². The number of thiazole rings is 1. The predicted octanol–water partition coefficient (Wildman–Crippen LogP) is 4.54. The molecule has 1 fully saturated rings. The van der Waals surface area contributed by atoms with Gasteiger partial charge in [0.1, 0.15) is 17.5 Å². The number of hydrogen-bond donors (Lipinski definition) is 2. The maximum atomic E-state index is 14.0. The van der Waals surface area contributed by atoms with Gasteiger partial charge in [0.15, 0.2) is 0 Å². The Bertz CT molecular complexity index is 1850. The number of phenols is 1. The highest BCUT2D eigenvalue weighted by molar-refractivity contribution is 8.00. The molecule has 3 heterocycles. The summed E-state index contributed by atoms with van der Waals surface area (Å²) >= 11 is 1.98. The summed E-state index contributed by atoms with van der Waals surface area (Å²) in [6, 6.07) is 19.8. The fourth-order valence-electron chi connectivity index (χ4n) is 5.54. The van der Waals surface area contributed by atoms with Crippen molar-refractivity contribution in [3.05, 3.63) is 104 Å². The minimum absolute atomic E-state index is 0.0731. The normalized spacial score (nSPS) is 19.0. The first kappa shape index (κ1) is 29.4. The highest BCUT2D eigenvalue weighted by Gasteiger charge is 2.57. The molecule has 2 unspecified atom stereocenters. The maximum Gasteiger partial charge on any atom is 0.338 e. The number of esters is 1. The number of aromatic hydroxyl groups is 1. The predicted molar refractivity (Wildman–Crippen MR) is 166 cm³/mol. The number of phenolic OH excluding ortho intramolecular Hbond substituents is 1. The van der Waals surface area contributed by atoms with Gasteiger partial charge >= 0.3 is 10.8 Å². The number of anilines is 2. The van der Waals surface area contributed by atoms with Crippen molar-refractivity contribution in [1.82, 2.24) is 4.57 Å². The number of para-hydroxylation sites is 1. The van der Waals surface area contributed by atoms with E-state index in [4.69, 9.17) is 4.74 Å². The van der Waals surface area contributed by atoms with Crippen LogP contribution in [0.5, 0.6) is 5.75 Å². The molecule has 4 aromatic rings. The molecule has 0 radical (unpaired) electrons. The van der Waals surface area contributed by atoms with Crippen LogP contribution in [0.1, 0.15) is 39.2 Å². The summed E-state index contributed by atoms with van der Waals surface area (Å²) in [6.07, 6.45) is 0. The molecule has 10 nitrogen and oxygen atoms in total. The molecule has 0 aliphatic carbocycles. The number of carbonyl (C=O) groups is 4. The lowest BCUT2D eigenvalue weighted by Gasteiger charge is -2.31. The standard InChI is InChI=1S/C32H27N3O7S2/c1-3-42-31(40)18-10-14-20(15-11-18)35-28(38)25-24(21-6-4-5-7-22(21)36)27-30(43-26(25)29(35)39)34(32(41)44-27)16-23(37)33-19-12-8-17(2)9-13-19/h4-15,24-26,36H,3,16H2,1-2H3,(H,33,37)/t24-,25?,26?/m0/s1. The van der Waals surface area contributed by atoms with Crippen molar-refractivity contribution in [1.29, 1.82) is 0 Å². The van der Waals surface area contributed by atoms with Gasteiger partial charge < -0.3 is 15.2 Å². The van der Waals surface area contributed by atoms with Crippen LogP contribution < -0.4 is 15.1 Å². The number of fused-ring (bicyclic) bond motifs is 2. The first-order chi connectivity index (χ1) is 21.2. The Morgan fingerprint density at radius 3 is 2.34 bits per heavy atom. The van der Waals surface area contributed by atoms with Gasteiger partial charge in [-0.25, -0.2) is 9.69 Å². The summed E-state index contributed by atoms with van der Waals surface area (Å²) in [5, 5.41) is 13.2. The lowest BCUT2D eigenvalue weighted by atomic mass is 9.82. The number of benzene rings is 3. The SMILES string of the molecule is CCOC(=O)c1ccc(N2C(=O)C3Sc4c(sc(=O)n4CC(=O)Nc4ccc(C)cc4)[C@@H](c4ccccc4O)C3C2=O)cc1. The topological polar surface area (TPSA) is 135 Å². The van der Waals surface area contributed by atoms with Gasteiger partial charge in [-0.15, -0.1) is 0 Å². The zero-order valence-corrected chi connectivity index (χ0v) is 25.3. The number of hydrogen-bond acceptors (Lipinski definition) is 9. The van der Waals surface area contributed by atoms with Crippen LogP contribution in [0.15, 0.2) is 82.6 Å². The molecule has 3 aromatic carbocycles.